The zero-order chi connectivity index (χ0) is 12.7. The van der Waals surface area contributed by atoms with Gasteiger partial charge in [-0.1, -0.05) is 11.6 Å². The molecule has 0 saturated carbocycles. The molecule has 0 radical (unpaired) electrons. The first-order chi connectivity index (χ1) is 8.06. The standard InChI is InChI=1S/C10H21N3O3S.ClH/c1-13(7-8-16-2)17(14,15)12-9-10-3-5-11-6-4-10;/h3,11-12H,4-9H2,1-2H3;1H. The van der Waals surface area contributed by atoms with Gasteiger partial charge in [-0.3, -0.25) is 0 Å². The number of ether oxygens (including phenoxy) is 1. The van der Waals surface area contributed by atoms with Crippen LogP contribution in [-0.2, 0) is 14.9 Å². The Balaban J connectivity index is 0.00000289. The van der Waals surface area contributed by atoms with Crippen molar-refractivity contribution >= 4 is 22.6 Å². The molecule has 108 valence electrons. The van der Waals surface area contributed by atoms with Gasteiger partial charge in [0.25, 0.3) is 10.2 Å². The van der Waals surface area contributed by atoms with Crippen LogP contribution >= 0.6 is 12.4 Å². The lowest BCUT2D eigenvalue weighted by Gasteiger charge is -2.19. The van der Waals surface area contributed by atoms with Gasteiger partial charge in [-0.05, 0) is 13.0 Å². The van der Waals surface area contributed by atoms with Gasteiger partial charge in [0.15, 0.2) is 0 Å². The highest BCUT2D eigenvalue weighted by atomic mass is 35.5. The van der Waals surface area contributed by atoms with Crippen LogP contribution in [0.2, 0.25) is 0 Å². The number of rotatable bonds is 7. The van der Waals surface area contributed by atoms with E-state index in [0.29, 0.717) is 19.7 Å². The van der Waals surface area contributed by atoms with Gasteiger partial charge < -0.3 is 10.1 Å². The molecular weight excluding hydrogens is 278 g/mol. The maximum atomic E-state index is 11.8. The Morgan fingerprint density at radius 3 is 2.83 bits per heavy atom. The van der Waals surface area contributed by atoms with Gasteiger partial charge in [0, 0.05) is 33.8 Å². The maximum absolute atomic E-state index is 11.8. The number of methoxy groups -OCH3 is 1. The van der Waals surface area contributed by atoms with Crippen molar-refractivity contribution in [2.45, 2.75) is 6.42 Å². The minimum Gasteiger partial charge on any atom is -0.383 e. The molecule has 2 N–H and O–H groups in total. The largest absolute Gasteiger partial charge is 0.383 e. The van der Waals surface area contributed by atoms with E-state index >= 15 is 0 Å². The van der Waals surface area contributed by atoms with E-state index in [4.69, 9.17) is 4.74 Å². The third-order valence-corrected chi connectivity index (χ3v) is 4.17. The van der Waals surface area contributed by atoms with Gasteiger partial charge in [-0.15, -0.1) is 12.4 Å². The normalized spacial score (nSPS) is 16.3. The third-order valence-electron chi connectivity index (χ3n) is 2.66. The van der Waals surface area contributed by atoms with Crippen LogP contribution in [-0.4, -0.2) is 59.7 Å². The molecule has 0 saturated heterocycles. The highest BCUT2D eigenvalue weighted by Crippen LogP contribution is 2.03. The van der Waals surface area contributed by atoms with Crippen molar-refractivity contribution in [3.63, 3.8) is 0 Å². The average molecular weight is 300 g/mol. The second-order valence-corrected chi connectivity index (χ2v) is 5.82. The first-order valence-corrected chi connectivity index (χ1v) is 7.09. The van der Waals surface area contributed by atoms with Crippen LogP contribution in [0.25, 0.3) is 0 Å². The molecule has 6 nitrogen and oxygen atoms in total. The predicted octanol–water partition coefficient (Wildman–Crippen LogP) is -0.259. The molecule has 0 aromatic carbocycles. The molecule has 0 atom stereocenters. The van der Waals surface area contributed by atoms with E-state index in [1.165, 1.54) is 11.4 Å². The van der Waals surface area contributed by atoms with E-state index in [1.807, 2.05) is 6.08 Å². The van der Waals surface area contributed by atoms with E-state index in [9.17, 15) is 8.42 Å². The first-order valence-electron chi connectivity index (χ1n) is 5.65. The van der Waals surface area contributed by atoms with Gasteiger partial charge in [-0.2, -0.15) is 17.4 Å². The van der Waals surface area contributed by atoms with Crippen molar-refractivity contribution in [3.05, 3.63) is 11.6 Å². The van der Waals surface area contributed by atoms with Crippen LogP contribution in [0, 0.1) is 0 Å². The average Bonchev–Trinajstić information content (AvgIpc) is 2.35. The molecule has 0 bridgehead atoms. The minimum atomic E-state index is -3.39. The van der Waals surface area contributed by atoms with Crippen molar-refractivity contribution in [1.82, 2.24) is 14.3 Å². The van der Waals surface area contributed by atoms with Gasteiger partial charge in [0.2, 0.25) is 0 Å². The van der Waals surface area contributed by atoms with Crippen LogP contribution in [0.1, 0.15) is 6.42 Å². The molecule has 1 rings (SSSR count). The lowest BCUT2D eigenvalue weighted by atomic mass is 10.1. The van der Waals surface area contributed by atoms with Crippen molar-refractivity contribution in [2.24, 2.45) is 0 Å². The Morgan fingerprint density at radius 1 is 1.56 bits per heavy atom. The number of nitrogens with zero attached hydrogens (tertiary/aromatic N) is 1. The zero-order valence-electron chi connectivity index (χ0n) is 10.8. The fraction of sp³-hybridized carbons (Fsp3) is 0.800. The first kappa shape index (κ1) is 17.8. The summed E-state index contributed by atoms with van der Waals surface area (Å²) in [5.74, 6) is 0. The Bertz CT molecular complexity index is 359. The van der Waals surface area contributed by atoms with Crippen LogP contribution < -0.4 is 10.0 Å². The summed E-state index contributed by atoms with van der Waals surface area (Å²) < 4.78 is 32.3. The summed E-state index contributed by atoms with van der Waals surface area (Å²) in [6.07, 6.45) is 2.92. The second kappa shape index (κ2) is 8.84. The number of likely N-dealkylation sites (N-methyl/N-ethyl adjacent to an activating group) is 1. The highest BCUT2D eigenvalue weighted by Gasteiger charge is 2.17. The topological polar surface area (TPSA) is 70.7 Å². The predicted molar refractivity (Wildman–Crippen MR) is 74.2 cm³/mol. The van der Waals surface area contributed by atoms with E-state index in [-0.39, 0.29) is 12.4 Å². The number of hydrogen-bond donors (Lipinski definition) is 2. The SMILES string of the molecule is COCCN(C)S(=O)(=O)NCC1=CCNCC1.Cl. The fourth-order valence-corrected chi connectivity index (χ4v) is 2.37. The molecule has 0 aromatic rings. The molecule has 0 amide bonds. The minimum absolute atomic E-state index is 0. The summed E-state index contributed by atoms with van der Waals surface area (Å²) in [6.45, 7) is 2.86. The molecule has 1 aliphatic rings. The Labute approximate surface area is 115 Å². The van der Waals surface area contributed by atoms with Crippen LogP contribution in [0.15, 0.2) is 11.6 Å². The van der Waals surface area contributed by atoms with E-state index in [0.717, 1.165) is 25.1 Å². The zero-order valence-corrected chi connectivity index (χ0v) is 12.4. The molecule has 0 unspecified atom stereocenters. The molecule has 8 heteroatoms. The van der Waals surface area contributed by atoms with Gasteiger partial charge in [0.05, 0.1) is 6.61 Å². The Morgan fingerprint density at radius 2 is 2.28 bits per heavy atom. The van der Waals surface area contributed by atoms with Crippen molar-refractivity contribution in [1.29, 1.82) is 0 Å². The highest BCUT2D eigenvalue weighted by molar-refractivity contribution is 7.87. The van der Waals surface area contributed by atoms with Crippen molar-refractivity contribution < 1.29 is 13.2 Å². The summed E-state index contributed by atoms with van der Waals surface area (Å²) in [7, 11) is -0.301. The smallest absolute Gasteiger partial charge is 0.279 e. The molecule has 1 heterocycles. The molecule has 0 spiro atoms. The lowest BCUT2D eigenvalue weighted by molar-refractivity contribution is 0.184. The number of hydrogen-bond acceptors (Lipinski definition) is 4. The van der Waals surface area contributed by atoms with Crippen LogP contribution in [0.5, 0.6) is 0 Å². The van der Waals surface area contributed by atoms with Crippen LogP contribution in [0.3, 0.4) is 0 Å². The van der Waals surface area contributed by atoms with Gasteiger partial charge >= 0.3 is 0 Å². The Kier molecular flexibility index (Phi) is 8.75. The molecule has 18 heavy (non-hydrogen) atoms. The summed E-state index contributed by atoms with van der Waals surface area (Å²) in [5.41, 5.74) is 1.13. The maximum Gasteiger partial charge on any atom is 0.279 e. The number of halogens is 1. The van der Waals surface area contributed by atoms with Crippen molar-refractivity contribution in [3.8, 4) is 0 Å². The molecular formula is C10H22ClN3O3S. The molecule has 0 fully saturated rings. The molecule has 1 aliphatic heterocycles. The molecule has 0 aliphatic carbocycles. The monoisotopic (exact) mass is 299 g/mol. The van der Waals surface area contributed by atoms with Crippen LogP contribution in [0.4, 0.5) is 0 Å². The van der Waals surface area contributed by atoms with Gasteiger partial charge in [0.1, 0.15) is 0 Å². The Hall–Kier alpha value is -0.180. The van der Waals surface area contributed by atoms with E-state index in [1.54, 1.807) is 7.11 Å². The summed E-state index contributed by atoms with van der Waals surface area (Å²) in [5, 5.41) is 3.18. The fourth-order valence-electron chi connectivity index (χ4n) is 1.46. The van der Waals surface area contributed by atoms with E-state index < -0.39 is 10.2 Å². The second-order valence-electron chi connectivity index (χ2n) is 3.96. The molecule has 0 aromatic heterocycles. The summed E-state index contributed by atoms with van der Waals surface area (Å²) in [6, 6.07) is 0. The third kappa shape index (κ3) is 6.12. The van der Waals surface area contributed by atoms with Crippen molar-refractivity contribution in [2.75, 3.05) is 46.9 Å². The van der Waals surface area contributed by atoms with E-state index in [2.05, 4.69) is 10.0 Å². The summed E-state index contributed by atoms with van der Waals surface area (Å²) in [4.78, 5) is 0. The quantitative estimate of drug-likeness (QED) is 0.636. The van der Waals surface area contributed by atoms with Gasteiger partial charge in [-0.25, -0.2) is 0 Å². The lowest BCUT2D eigenvalue weighted by Crippen LogP contribution is -2.41. The number of nitrogens with one attached hydrogen (secondary N) is 2. The summed E-state index contributed by atoms with van der Waals surface area (Å²) >= 11 is 0.